The summed E-state index contributed by atoms with van der Waals surface area (Å²) in [5.41, 5.74) is 2.01. The molecule has 7 nitrogen and oxygen atoms in total. The maximum absolute atomic E-state index is 12.3. The molecule has 27 heavy (non-hydrogen) atoms. The van der Waals surface area contributed by atoms with Crippen LogP contribution < -0.4 is 15.4 Å². The number of anilines is 1. The van der Waals surface area contributed by atoms with E-state index < -0.39 is 5.25 Å². The van der Waals surface area contributed by atoms with Crippen LogP contribution in [0.15, 0.2) is 28.8 Å². The van der Waals surface area contributed by atoms with Crippen molar-refractivity contribution in [3.63, 3.8) is 0 Å². The van der Waals surface area contributed by atoms with Crippen molar-refractivity contribution < 1.29 is 18.8 Å². The molecule has 0 aliphatic heterocycles. The monoisotopic (exact) mass is 391 g/mol. The van der Waals surface area contributed by atoms with Crippen molar-refractivity contribution in [1.29, 1.82) is 0 Å². The molecular formula is C19H25N3O4S. The number of hydrogen-bond donors (Lipinski definition) is 2. The van der Waals surface area contributed by atoms with Crippen LogP contribution in [0, 0.1) is 13.8 Å². The Morgan fingerprint density at radius 1 is 1.26 bits per heavy atom. The average Bonchev–Trinajstić information content (AvgIpc) is 3.04. The zero-order valence-electron chi connectivity index (χ0n) is 16.2. The first-order chi connectivity index (χ1) is 12.8. The van der Waals surface area contributed by atoms with Gasteiger partial charge in [-0.05, 0) is 33.8 Å². The minimum Gasteiger partial charge on any atom is -0.496 e. The molecule has 0 spiro atoms. The third kappa shape index (κ3) is 6.02. The summed E-state index contributed by atoms with van der Waals surface area (Å²) in [6.07, 6.45) is 0. The number of hydrogen-bond acceptors (Lipinski definition) is 6. The fraction of sp³-hybridized carbons (Fsp3) is 0.421. The second-order valence-electron chi connectivity index (χ2n) is 6.30. The lowest BCUT2D eigenvalue weighted by atomic mass is 10.0. The van der Waals surface area contributed by atoms with Gasteiger partial charge in [-0.15, -0.1) is 11.8 Å². The molecule has 2 aromatic rings. The molecule has 2 rings (SSSR count). The molecule has 146 valence electrons. The summed E-state index contributed by atoms with van der Waals surface area (Å²) in [6.45, 7) is 7.38. The molecule has 1 heterocycles. The SMILES string of the molecule is COc1ccc(C)cc1[C@H](C)NC(=O)CS[C@@H](C)C(=O)Nc1cc(C)on1. The number of rotatable bonds is 8. The maximum atomic E-state index is 12.3. The zero-order chi connectivity index (χ0) is 20.0. The van der Waals surface area contributed by atoms with Gasteiger partial charge in [0.1, 0.15) is 11.5 Å². The molecule has 0 radical (unpaired) electrons. The number of aromatic nitrogens is 1. The Morgan fingerprint density at radius 2 is 2.00 bits per heavy atom. The largest absolute Gasteiger partial charge is 0.496 e. The van der Waals surface area contributed by atoms with Crippen LogP contribution in [-0.4, -0.2) is 35.1 Å². The fourth-order valence-corrected chi connectivity index (χ4v) is 3.18. The van der Waals surface area contributed by atoms with Gasteiger partial charge in [-0.2, -0.15) is 0 Å². The normalized spacial score (nSPS) is 12.9. The second-order valence-corrected chi connectivity index (χ2v) is 7.63. The Labute approximate surface area is 163 Å². The summed E-state index contributed by atoms with van der Waals surface area (Å²) in [4.78, 5) is 24.4. The molecule has 8 heteroatoms. The predicted octanol–water partition coefficient (Wildman–Crippen LogP) is 3.24. The first kappa shape index (κ1) is 20.8. The highest BCUT2D eigenvalue weighted by Gasteiger charge is 2.19. The van der Waals surface area contributed by atoms with Gasteiger partial charge < -0.3 is 19.9 Å². The van der Waals surface area contributed by atoms with Crippen molar-refractivity contribution in [2.24, 2.45) is 0 Å². The number of ether oxygens (including phenoxy) is 1. The van der Waals surface area contributed by atoms with E-state index in [1.165, 1.54) is 11.8 Å². The number of methoxy groups -OCH3 is 1. The van der Waals surface area contributed by atoms with Crippen molar-refractivity contribution in [1.82, 2.24) is 10.5 Å². The Kier molecular flexibility index (Phi) is 7.29. The molecule has 0 fully saturated rings. The second kappa shape index (κ2) is 9.45. The molecular weight excluding hydrogens is 366 g/mol. The quantitative estimate of drug-likeness (QED) is 0.718. The van der Waals surface area contributed by atoms with E-state index in [1.54, 1.807) is 27.0 Å². The summed E-state index contributed by atoms with van der Waals surface area (Å²) in [6, 6.07) is 7.28. The van der Waals surface area contributed by atoms with Gasteiger partial charge in [-0.1, -0.05) is 22.9 Å². The van der Waals surface area contributed by atoms with E-state index in [2.05, 4.69) is 15.8 Å². The van der Waals surface area contributed by atoms with Crippen molar-refractivity contribution in [2.45, 2.75) is 39.0 Å². The van der Waals surface area contributed by atoms with Crippen LogP contribution in [-0.2, 0) is 9.59 Å². The number of nitrogens with zero attached hydrogens (tertiary/aromatic N) is 1. The van der Waals surface area contributed by atoms with Crippen LogP contribution in [0.5, 0.6) is 5.75 Å². The number of carbonyl (C=O) groups excluding carboxylic acids is 2. The van der Waals surface area contributed by atoms with Gasteiger partial charge in [0.15, 0.2) is 5.82 Å². The number of nitrogens with one attached hydrogen (secondary N) is 2. The highest BCUT2D eigenvalue weighted by atomic mass is 32.2. The minimum absolute atomic E-state index is 0.145. The number of benzene rings is 1. The van der Waals surface area contributed by atoms with E-state index in [0.717, 1.165) is 16.9 Å². The minimum atomic E-state index is -0.406. The highest BCUT2D eigenvalue weighted by molar-refractivity contribution is 8.01. The Balaban J connectivity index is 1.84. The lowest BCUT2D eigenvalue weighted by Crippen LogP contribution is -2.30. The number of amides is 2. The van der Waals surface area contributed by atoms with E-state index in [4.69, 9.17) is 9.26 Å². The van der Waals surface area contributed by atoms with Gasteiger partial charge in [0.05, 0.1) is 24.2 Å². The van der Waals surface area contributed by atoms with E-state index in [1.807, 2.05) is 32.0 Å². The van der Waals surface area contributed by atoms with E-state index in [0.29, 0.717) is 11.6 Å². The number of carbonyl (C=O) groups is 2. The van der Waals surface area contributed by atoms with Gasteiger partial charge in [-0.3, -0.25) is 9.59 Å². The fourth-order valence-electron chi connectivity index (χ4n) is 2.48. The van der Waals surface area contributed by atoms with E-state index in [-0.39, 0.29) is 23.6 Å². The first-order valence-corrected chi connectivity index (χ1v) is 9.64. The van der Waals surface area contributed by atoms with Gasteiger partial charge >= 0.3 is 0 Å². The zero-order valence-corrected chi connectivity index (χ0v) is 17.0. The summed E-state index contributed by atoms with van der Waals surface area (Å²) in [7, 11) is 1.61. The number of thioether (sulfide) groups is 1. The summed E-state index contributed by atoms with van der Waals surface area (Å²) in [5, 5.41) is 8.92. The molecule has 2 N–H and O–H groups in total. The van der Waals surface area contributed by atoms with Crippen molar-refractivity contribution in [3.8, 4) is 5.75 Å². The molecule has 2 amide bonds. The Hall–Kier alpha value is -2.48. The van der Waals surface area contributed by atoms with Gasteiger partial charge in [0.2, 0.25) is 11.8 Å². The standard InChI is InChI=1S/C19H25N3O4S/c1-11-6-7-16(25-5)15(8-11)13(3)20-18(23)10-27-14(4)19(24)21-17-9-12(2)26-22-17/h6-9,13-14H,10H2,1-5H3,(H,20,23)(H,21,22,24)/t13-,14-/m0/s1. The van der Waals surface area contributed by atoms with Crippen molar-refractivity contribution in [3.05, 3.63) is 41.2 Å². The van der Waals surface area contributed by atoms with Crippen LogP contribution in [0.1, 0.15) is 36.8 Å². The van der Waals surface area contributed by atoms with Gasteiger partial charge in [0, 0.05) is 11.6 Å². The third-order valence-electron chi connectivity index (χ3n) is 3.94. The summed E-state index contributed by atoms with van der Waals surface area (Å²) < 4.78 is 10.3. The molecule has 0 saturated carbocycles. The van der Waals surface area contributed by atoms with Crippen molar-refractivity contribution >= 4 is 29.4 Å². The first-order valence-electron chi connectivity index (χ1n) is 8.59. The van der Waals surface area contributed by atoms with Crippen molar-refractivity contribution in [2.75, 3.05) is 18.2 Å². The topological polar surface area (TPSA) is 93.5 Å². The molecule has 2 atom stereocenters. The average molecular weight is 391 g/mol. The molecule has 1 aromatic carbocycles. The lowest BCUT2D eigenvalue weighted by molar-refractivity contribution is -0.119. The molecule has 0 bridgehead atoms. The molecule has 0 aliphatic carbocycles. The highest BCUT2D eigenvalue weighted by Crippen LogP contribution is 2.26. The molecule has 0 aliphatic rings. The van der Waals surface area contributed by atoms with Crippen LogP contribution >= 0.6 is 11.8 Å². The van der Waals surface area contributed by atoms with E-state index >= 15 is 0 Å². The summed E-state index contributed by atoms with van der Waals surface area (Å²) in [5.74, 6) is 1.52. The van der Waals surface area contributed by atoms with Crippen LogP contribution in [0.2, 0.25) is 0 Å². The van der Waals surface area contributed by atoms with Gasteiger partial charge in [-0.25, -0.2) is 0 Å². The van der Waals surface area contributed by atoms with E-state index in [9.17, 15) is 9.59 Å². The smallest absolute Gasteiger partial charge is 0.238 e. The molecule has 0 unspecified atom stereocenters. The predicted molar refractivity (Wildman–Crippen MR) is 106 cm³/mol. The Morgan fingerprint density at radius 3 is 2.63 bits per heavy atom. The van der Waals surface area contributed by atoms with Crippen LogP contribution in [0.3, 0.4) is 0 Å². The van der Waals surface area contributed by atoms with Crippen LogP contribution in [0.25, 0.3) is 0 Å². The lowest BCUT2D eigenvalue weighted by Gasteiger charge is -2.18. The van der Waals surface area contributed by atoms with Gasteiger partial charge in [0.25, 0.3) is 0 Å². The Bertz CT molecular complexity index is 806. The molecule has 0 saturated heterocycles. The maximum Gasteiger partial charge on any atom is 0.238 e. The van der Waals surface area contributed by atoms with Crippen LogP contribution in [0.4, 0.5) is 5.82 Å². The third-order valence-corrected chi connectivity index (χ3v) is 5.09. The summed E-state index contributed by atoms with van der Waals surface area (Å²) >= 11 is 1.26. The number of aryl methyl sites for hydroxylation is 2. The molecule has 1 aromatic heterocycles.